The van der Waals surface area contributed by atoms with Crippen LogP contribution in [-0.2, 0) is 5.75 Å². The van der Waals surface area contributed by atoms with Gasteiger partial charge in [-0.05, 0) is 36.8 Å². The van der Waals surface area contributed by atoms with Crippen LogP contribution in [-0.4, -0.2) is 16.1 Å². The lowest BCUT2D eigenvalue weighted by atomic mass is 10.1. The molecule has 0 atom stereocenters. The van der Waals surface area contributed by atoms with E-state index in [4.69, 9.17) is 0 Å². The molecule has 0 unspecified atom stereocenters. The zero-order chi connectivity index (χ0) is 16.7. The molecule has 1 aromatic heterocycles. The summed E-state index contributed by atoms with van der Waals surface area (Å²) in [6.45, 7) is 1.97. The number of nitrogens with zero attached hydrogens (tertiary/aromatic N) is 1. The van der Waals surface area contributed by atoms with Gasteiger partial charge in [-0.1, -0.05) is 34.1 Å². The van der Waals surface area contributed by atoms with E-state index in [0.717, 1.165) is 38.3 Å². The Balaban J connectivity index is 1.67. The molecule has 3 aromatic rings. The van der Waals surface area contributed by atoms with Gasteiger partial charge in [-0.25, -0.2) is 0 Å². The molecule has 4 nitrogen and oxygen atoms in total. The smallest absolute Gasteiger partial charge is 0.274 e. The summed E-state index contributed by atoms with van der Waals surface area (Å²) in [5, 5.41) is 10.3. The van der Waals surface area contributed by atoms with Gasteiger partial charge in [0, 0.05) is 31.9 Å². The summed E-state index contributed by atoms with van der Waals surface area (Å²) in [6.07, 6.45) is 0. The van der Waals surface area contributed by atoms with Crippen molar-refractivity contribution in [1.82, 2.24) is 10.2 Å². The van der Waals surface area contributed by atoms with Crippen molar-refractivity contribution in [2.45, 2.75) is 17.6 Å². The number of H-pyrrole nitrogens is 1. The highest BCUT2D eigenvalue weighted by atomic mass is 79.9. The number of hydrogen-bond donors (Lipinski definition) is 2. The maximum absolute atomic E-state index is 12.7. The lowest BCUT2D eigenvalue weighted by molar-refractivity contribution is 0.102. The Morgan fingerprint density at radius 2 is 2.12 bits per heavy atom. The fraction of sp³-hybridized carbons (Fsp3) is 0.111. The van der Waals surface area contributed by atoms with E-state index in [0.29, 0.717) is 5.69 Å². The van der Waals surface area contributed by atoms with Crippen LogP contribution in [0.25, 0.3) is 11.3 Å². The van der Waals surface area contributed by atoms with Gasteiger partial charge in [0.05, 0.1) is 5.69 Å². The maximum atomic E-state index is 12.7. The summed E-state index contributed by atoms with van der Waals surface area (Å²) < 4.78 is 0.991. The Kier molecular flexibility index (Phi) is 3.94. The first-order chi connectivity index (χ1) is 11.6. The molecule has 0 spiro atoms. The quantitative estimate of drug-likeness (QED) is 0.636. The minimum Gasteiger partial charge on any atom is -0.320 e. The first-order valence-electron chi connectivity index (χ1n) is 7.50. The van der Waals surface area contributed by atoms with Crippen LogP contribution in [0.3, 0.4) is 0 Å². The number of anilines is 1. The molecule has 0 aliphatic carbocycles. The van der Waals surface area contributed by atoms with Gasteiger partial charge in [0.2, 0.25) is 0 Å². The van der Waals surface area contributed by atoms with Crippen molar-refractivity contribution >= 4 is 39.3 Å². The van der Waals surface area contributed by atoms with Crippen LogP contribution in [0.5, 0.6) is 0 Å². The molecule has 0 fully saturated rings. The SMILES string of the molecule is Cc1cc(Br)ccc1NC(=O)c1[nH]nc2c1CSc1ccccc1-2. The van der Waals surface area contributed by atoms with Gasteiger partial charge in [0.15, 0.2) is 0 Å². The van der Waals surface area contributed by atoms with Crippen LogP contribution >= 0.6 is 27.7 Å². The Bertz CT molecular complexity index is 951. The van der Waals surface area contributed by atoms with Crippen molar-refractivity contribution in [1.29, 1.82) is 0 Å². The van der Waals surface area contributed by atoms with Gasteiger partial charge in [0.1, 0.15) is 5.69 Å². The monoisotopic (exact) mass is 399 g/mol. The molecular weight excluding hydrogens is 386 g/mol. The highest BCUT2D eigenvalue weighted by Crippen LogP contribution is 2.41. The lowest BCUT2D eigenvalue weighted by Crippen LogP contribution is -2.15. The van der Waals surface area contributed by atoms with Crippen molar-refractivity contribution in [3.05, 3.63) is 63.8 Å². The first-order valence-corrected chi connectivity index (χ1v) is 9.28. The molecular formula is C18H14BrN3OS. The molecule has 120 valence electrons. The number of fused-ring (bicyclic) bond motifs is 3. The summed E-state index contributed by atoms with van der Waals surface area (Å²) in [7, 11) is 0. The number of amides is 1. The number of carbonyl (C=O) groups is 1. The number of rotatable bonds is 2. The van der Waals surface area contributed by atoms with E-state index in [1.807, 2.05) is 43.3 Å². The number of halogens is 1. The van der Waals surface area contributed by atoms with E-state index >= 15 is 0 Å². The molecule has 6 heteroatoms. The highest BCUT2D eigenvalue weighted by molar-refractivity contribution is 9.10. The fourth-order valence-corrected chi connectivity index (χ4v) is 4.36. The van der Waals surface area contributed by atoms with Gasteiger partial charge in [-0.2, -0.15) is 5.10 Å². The van der Waals surface area contributed by atoms with Gasteiger partial charge in [-0.3, -0.25) is 9.89 Å². The molecule has 2 aromatic carbocycles. The normalized spacial score (nSPS) is 12.4. The minimum absolute atomic E-state index is 0.158. The molecule has 4 rings (SSSR count). The number of carbonyl (C=O) groups excluding carboxylic acids is 1. The van der Waals surface area contributed by atoms with Crippen molar-refractivity contribution < 1.29 is 4.79 Å². The largest absolute Gasteiger partial charge is 0.320 e. The van der Waals surface area contributed by atoms with Gasteiger partial charge < -0.3 is 5.32 Å². The van der Waals surface area contributed by atoms with Crippen molar-refractivity contribution in [2.24, 2.45) is 0 Å². The summed E-state index contributed by atoms with van der Waals surface area (Å²) >= 11 is 5.17. The third-order valence-corrected chi connectivity index (χ3v) is 5.64. The van der Waals surface area contributed by atoms with Crippen LogP contribution in [0, 0.1) is 6.92 Å². The molecule has 0 saturated carbocycles. The Morgan fingerprint density at radius 1 is 1.29 bits per heavy atom. The second-order valence-electron chi connectivity index (χ2n) is 5.62. The van der Waals surface area contributed by atoms with E-state index in [1.54, 1.807) is 11.8 Å². The first kappa shape index (κ1) is 15.5. The second-order valence-corrected chi connectivity index (χ2v) is 7.56. The topological polar surface area (TPSA) is 57.8 Å². The van der Waals surface area contributed by atoms with Crippen LogP contribution in [0.4, 0.5) is 5.69 Å². The molecule has 0 bridgehead atoms. The summed E-state index contributed by atoms with van der Waals surface area (Å²) in [6, 6.07) is 13.9. The average molecular weight is 400 g/mol. The van der Waals surface area contributed by atoms with Crippen molar-refractivity contribution in [2.75, 3.05) is 5.32 Å². The standard InChI is InChI=1S/C18H14BrN3OS/c1-10-8-11(19)6-7-14(10)20-18(23)17-13-9-24-15-5-3-2-4-12(15)16(13)21-22-17/h2-8H,9H2,1H3,(H,20,23)(H,21,22). The number of thioether (sulfide) groups is 1. The van der Waals surface area contributed by atoms with Gasteiger partial charge in [0.25, 0.3) is 5.91 Å². The van der Waals surface area contributed by atoms with Crippen LogP contribution in [0.15, 0.2) is 51.8 Å². The van der Waals surface area contributed by atoms with Gasteiger partial charge >= 0.3 is 0 Å². The Labute approximate surface area is 152 Å². The third-order valence-electron chi connectivity index (χ3n) is 4.05. The van der Waals surface area contributed by atoms with Crippen LogP contribution in [0.2, 0.25) is 0 Å². The van der Waals surface area contributed by atoms with E-state index in [1.165, 1.54) is 4.90 Å². The predicted octanol–water partition coefficient (Wildman–Crippen LogP) is 5.01. The van der Waals surface area contributed by atoms with Crippen LogP contribution < -0.4 is 5.32 Å². The number of benzene rings is 2. The van der Waals surface area contributed by atoms with Crippen molar-refractivity contribution in [3.63, 3.8) is 0 Å². The molecule has 24 heavy (non-hydrogen) atoms. The molecule has 0 radical (unpaired) electrons. The minimum atomic E-state index is -0.158. The zero-order valence-electron chi connectivity index (χ0n) is 12.9. The Hall–Kier alpha value is -2.05. The zero-order valence-corrected chi connectivity index (χ0v) is 15.3. The van der Waals surface area contributed by atoms with Gasteiger partial charge in [-0.15, -0.1) is 11.8 Å². The van der Waals surface area contributed by atoms with Crippen LogP contribution in [0.1, 0.15) is 21.6 Å². The predicted molar refractivity (Wildman–Crippen MR) is 100 cm³/mol. The Morgan fingerprint density at radius 3 is 2.96 bits per heavy atom. The second kappa shape index (κ2) is 6.11. The molecule has 1 aliphatic rings. The van der Waals surface area contributed by atoms with E-state index in [2.05, 4.69) is 37.5 Å². The number of hydrogen-bond acceptors (Lipinski definition) is 3. The molecule has 1 aliphatic heterocycles. The maximum Gasteiger partial charge on any atom is 0.274 e. The molecule has 1 amide bonds. The molecule has 2 heterocycles. The van der Waals surface area contributed by atoms with Crippen molar-refractivity contribution in [3.8, 4) is 11.3 Å². The lowest BCUT2D eigenvalue weighted by Gasteiger charge is -2.15. The number of aromatic amines is 1. The number of aryl methyl sites for hydroxylation is 1. The van der Waals surface area contributed by atoms with E-state index in [-0.39, 0.29) is 5.91 Å². The number of aromatic nitrogens is 2. The molecule has 0 saturated heterocycles. The summed E-state index contributed by atoms with van der Waals surface area (Å²) in [5.74, 6) is 0.583. The fourth-order valence-electron chi connectivity index (χ4n) is 2.81. The number of nitrogens with one attached hydrogen (secondary N) is 2. The summed E-state index contributed by atoms with van der Waals surface area (Å²) in [4.78, 5) is 13.9. The van der Waals surface area contributed by atoms with E-state index in [9.17, 15) is 4.79 Å². The molecule has 2 N–H and O–H groups in total. The van der Waals surface area contributed by atoms with E-state index < -0.39 is 0 Å². The average Bonchev–Trinajstić information content (AvgIpc) is 3.02. The summed E-state index contributed by atoms with van der Waals surface area (Å²) in [5.41, 5.74) is 5.27. The third kappa shape index (κ3) is 2.65. The highest BCUT2D eigenvalue weighted by Gasteiger charge is 2.25.